The van der Waals surface area contributed by atoms with Gasteiger partial charge in [0.15, 0.2) is 0 Å². The maximum Gasteiger partial charge on any atom is 0 e. The first-order chi connectivity index (χ1) is 6.83. The van der Waals surface area contributed by atoms with E-state index in [0.717, 1.165) is 0 Å². The minimum absolute atomic E-state index is 0. The molecule has 1 nitrogen and oxygen atoms in total. The summed E-state index contributed by atoms with van der Waals surface area (Å²) < 4.78 is 0. The summed E-state index contributed by atoms with van der Waals surface area (Å²) in [4.78, 5) is 0. The van der Waals surface area contributed by atoms with Gasteiger partial charge in [0, 0.05) is 9.84 Å². The molecule has 0 amide bonds. The third-order valence-electron chi connectivity index (χ3n) is 0.246. The summed E-state index contributed by atoms with van der Waals surface area (Å²) in [7, 11) is 0. The van der Waals surface area contributed by atoms with E-state index >= 15 is 0 Å². The molecule has 0 bridgehead atoms. The molecule has 0 rings (SSSR count). The lowest BCUT2D eigenvalue weighted by Crippen LogP contribution is -1.35. The summed E-state index contributed by atoms with van der Waals surface area (Å²) in [5.41, 5.74) is 0. The second-order valence-electron chi connectivity index (χ2n) is 1.31. The monoisotopic (exact) mass is 232 g/mol. The average molecular weight is 232 g/mol. The van der Waals surface area contributed by atoms with E-state index in [1.54, 1.807) is 13.0 Å². The lowest BCUT2D eigenvalue weighted by Gasteiger charge is -1.48. The summed E-state index contributed by atoms with van der Waals surface area (Å²) >= 11 is 0. The van der Waals surface area contributed by atoms with Crippen LogP contribution in [0.25, 0.3) is 0 Å². The van der Waals surface area contributed by atoms with Crippen LogP contribution in [0.2, 0.25) is 0 Å². The van der Waals surface area contributed by atoms with Gasteiger partial charge in [0.1, 0.15) is 0 Å². The molecule has 0 aromatic heterocycles. The highest BCUT2D eigenvalue weighted by Crippen LogP contribution is 1.56. The van der Waals surface area contributed by atoms with Gasteiger partial charge < -0.3 is 6.15 Å². The zero-order valence-corrected chi connectivity index (χ0v) is 13.3. The summed E-state index contributed by atoms with van der Waals surface area (Å²) in [5.74, 6) is 5.27. The number of allylic oxidation sites excluding steroid dienone is 1. The van der Waals surface area contributed by atoms with Crippen LogP contribution >= 0.6 is 0 Å². The van der Waals surface area contributed by atoms with Gasteiger partial charge in [0.2, 0.25) is 0 Å². The van der Waals surface area contributed by atoms with Crippen molar-refractivity contribution < 1.29 is 1.43 Å². The van der Waals surface area contributed by atoms with E-state index in [1.807, 2.05) is 41.5 Å². The predicted octanol–water partition coefficient (Wildman–Crippen LogP) is 5.72. The Morgan fingerprint density at radius 3 is 1.19 bits per heavy atom. The van der Waals surface area contributed by atoms with Crippen molar-refractivity contribution in [1.29, 1.82) is 0 Å². The molecule has 0 saturated carbocycles. The molecule has 16 heavy (non-hydrogen) atoms. The number of rotatable bonds is 0. The van der Waals surface area contributed by atoms with Crippen molar-refractivity contribution in [2.45, 2.75) is 68.7 Å². The SMILES string of the molecule is C=CC#CC.CC.CC.CC.CCC.N.[3HH].[B]. The maximum atomic E-state index is 3.38. The molecule has 0 aliphatic heterocycles. The van der Waals surface area contributed by atoms with Crippen molar-refractivity contribution in [3.63, 3.8) is 0 Å². The minimum Gasteiger partial charge on any atom is -0.344 e. The van der Waals surface area contributed by atoms with E-state index < -0.39 is 0 Å². The lowest BCUT2D eigenvalue weighted by molar-refractivity contribution is 1.09. The van der Waals surface area contributed by atoms with Crippen molar-refractivity contribution in [3.05, 3.63) is 12.7 Å². The van der Waals surface area contributed by atoms with E-state index in [0.29, 0.717) is 0 Å². The van der Waals surface area contributed by atoms with Gasteiger partial charge >= 0.3 is 0 Å². The zero-order chi connectivity index (χ0) is 12.8. The average Bonchev–Trinajstić information content (AvgIpc) is 2.29. The summed E-state index contributed by atoms with van der Waals surface area (Å²) in [6, 6.07) is 0. The molecule has 0 aromatic rings. The molecule has 0 fully saturated rings. The normalized spacial score (nSPS) is 3.56. The van der Waals surface area contributed by atoms with Crippen molar-refractivity contribution in [2.24, 2.45) is 0 Å². The highest BCUT2D eigenvalue weighted by molar-refractivity contribution is 5.75. The van der Waals surface area contributed by atoms with Crippen LogP contribution in [0, 0.1) is 11.8 Å². The highest BCUT2D eigenvalue weighted by Gasteiger charge is 1.36. The molecule has 2 heteroatoms. The highest BCUT2D eigenvalue weighted by atomic mass is 14.0. The van der Waals surface area contributed by atoms with Gasteiger partial charge in [0.25, 0.3) is 0 Å². The molecule has 0 aliphatic rings. The van der Waals surface area contributed by atoms with Gasteiger partial charge in [0.05, 0.1) is 0 Å². The van der Waals surface area contributed by atoms with E-state index in [-0.39, 0.29) is 16.0 Å². The van der Waals surface area contributed by atoms with Crippen molar-refractivity contribution in [1.82, 2.24) is 6.15 Å². The first-order valence-corrected chi connectivity index (χ1v) is 5.86. The van der Waals surface area contributed by atoms with Crippen LogP contribution < -0.4 is 6.15 Å². The van der Waals surface area contributed by atoms with Gasteiger partial charge in [-0.1, -0.05) is 74.3 Å². The Balaban J connectivity index is -0.0000000101. The van der Waals surface area contributed by atoms with Crippen molar-refractivity contribution >= 4 is 8.41 Å². The number of hydrogen-bond acceptors (Lipinski definition) is 1. The Hall–Kier alpha value is -0.675. The second-order valence-corrected chi connectivity index (χ2v) is 1.31. The molecule has 0 heterocycles. The molecule has 0 aromatic carbocycles. The molecule has 0 unspecified atom stereocenters. The lowest BCUT2D eigenvalue weighted by atomic mass is 10.6. The first kappa shape index (κ1) is 45.4. The second kappa shape index (κ2) is 230. The van der Waals surface area contributed by atoms with Crippen LogP contribution in [0.4, 0.5) is 0 Å². The van der Waals surface area contributed by atoms with Crippen LogP contribution in [0.5, 0.6) is 0 Å². The Morgan fingerprint density at radius 2 is 1.19 bits per heavy atom. The molecule has 0 aliphatic carbocycles. The van der Waals surface area contributed by atoms with Crippen molar-refractivity contribution in [3.8, 4) is 11.8 Å². The molecule has 101 valence electrons. The van der Waals surface area contributed by atoms with Gasteiger partial charge in [-0.25, -0.2) is 0 Å². The maximum absolute atomic E-state index is 3.38. The molecule has 0 spiro atoms. The molecule has 0 saturated heterocycles. The van der Waals surface area contributed by atoms with Gasteiger partial charge in [-0.2, -0.15) is 0 Å². The van der Waals surface area contributed by atoms with E-state index in [1.165, 1.54) is 6.42 Å². The van der Waals surface area contributed by atoms with E-state index in [2.05, 4.69) is 32.3 Å². The predicted molar refractivity (Wildman–Crippen MR) is 86.5 cm³/mol. The summed E-state index contributed by atoms with van der Waals surface area (Å²) in [6.07, 6.45) is 2.82. The van der Waals surface area contributed by atoms with Crippen LogP contribution in [0.3, 0.4) is 0 Å². The molecule has 3 N–H and O–H groups in total. The third-order valence-corrected chi connectivity index (χ3v) is 0.246. The molecule has 3 radical (unpaired) electrons. The summed E-state index contributed by atoms with van der Waals surface area (Å²) in [6.45, 7) is 21.4. The fourth-order valence-corrected chi connectivity index (χ4v) is 0.102. The summed E-state index contributed by atoms with van der Waals surface area (Å²) in [5, 5.41) is 0. The molecular formula is C14H37BN. The van der Waals surface area contributed by atoms with Gasteiger partial charge in [-0.05, 0) is 13.0 Å². The van der Waals surface area contributed by atoms with E-state index in [4.69, 9.17) is 0 Å². The Bertz CT molecular complexity index is 96.1. The standard InChI is InChI=1S/C5H6.C3H8.3C2H6.B.H3N.H2/c1-3-5-4-2;1-3-2;3*1-2;;;/h3H,1H2,2H3;3H2,1-2H3;3*1-2H3;;1H3;1H/i;;;;;;;1+2. The quantitative estimate of drug-likeness (QED) is 0.421. The van der Waals surface area contributed by atoms with Crippen molar-refractivity contribution in [2.75, 3.05) is 0 Å². The van der Waals surface area contributed by atoms with E-state index in [9.17, 15) is 0 Å². The van der Waals surface area contributed by atoms with Gasteiger partial charge in [-0.15, -0.1) is 5.92 Å². The van der Waals surface area contributed by atoms with Gasteiger partial charge in [-0.3, -0.25) is 0 Å². The topological polar surface area (TPSA) is 35.0 Å². The number of hydrogen-bond donors (Lipinski definition) is 1. The Morgan fingerprint density at radius 1 is 1.00 bits per heavy atom. The first-order valence-electron chi connectivity index (χ1n) is 5.86. The van der Waals surface area contributed by atoms with Crippen LogP contribution in [-0.2, 0) is 0 Å². The van der Waals surface area contributed by atoms with Crippen LogP contribution in [-0.4, -0.2) is 8.41 Å². The third kappa shape index (κ3) is 1150. The Labute approximate surface area is 110 Å². The zero-order valence-electron chi connectivity index (χ0n) is 13.3. The fraction of sp³-hybridized carbons (Fsp3) is 0.714. The smallest absolute Gasteiger partial charge is 0 e. The molecular weight excluding hydrogens is 193 g/mol. The van der Waals surface area contributed by atoms with Crippen LogP contribution in [0.1, 0.15) is 70.2 Å². The Kier molecular flexibility index (Phi) is 652. The van der Waals surface area contributed by atoms with Crippen LogP contribution in [0.15, 0.2) is 12.7 Å². The largest absolute Gasteiger partial charge is 0.344 e. The fourth-order valence-electron chi connectivity index (χ4n) is 0.102. The molecule has 0 atom stereocenters. The minimum atomic E-state index is 0.